The van der Waals surface area contributed by atoms with Gasteiger partial charge in [-0.1, -0.05) is 53.2 Å². The summed E-state index contributed by atoms with van der Waals surface area (Å²) >= 11 is 3.67. The minimum absolute atomic E-state index is 0.0368. The first-order valence-electron chi connectivity index (χ1n) is 6.57. The van der Waals surface area contributed by atoms with Crippen LogP contribution < -0.4 is 0 Å². The Labute approximate surface area is 117 Å². The average Bonchev–Trinajstić information content (AvgIpc) is 2.41. The van der Waals surface area contributed by atoms with Gasteiger partial charge in [-0.3, -0.25) is 4.79 Å². The molecular weight excluding hydrogens is 290 g/mol. The maximum Gasteiger partial charge on any atom is 0.229 e. The quantitative estimate of drug-likeness (QED) is 0.767. The second-order valence-corrected chi connectivity index (χ2v) is 6.37. The van der Waals surface area contributed by atoms with E-state index in [9.17, 15) is 4.79 Å². The topological polar surface area (TPSA) is 20.3 Å². The van der Waals surface area contributed by atoms with Crippen LogP contribution in [0.4, 0.5) is 0 Å². The highest BCUT2D eigenvalue weighted by atomic mass is 79.9. The van der Waals surface area contributed by atoms with Crippen molar-refractivity contribution in [3.63, 3.8) is 0 Å². The highest BCUT2D eigenvalue weighted by Crippen LogP contribution is 2.26. The van der Waals surface area contributed by atoms with Crippen LogP contribution in [0.15, 0.2) is 30.3 Å². The number of alkyl halides is 1. The molecule has 3 atom stereocenters. The van der Waals surface area contributed by atoms with E-state index in [4.69, 9.17) is 0 Å². The Morgan fingerprint density at radius 2 is 2.06 bits per heavy atom. The Hall–Kier alpha value is -0.830. The number of amides is 1. The van der Waals surface area contributed by atoms with Crippen LogP contribution >= 0.6 is 15.9 Å². The number of carbonyl (C=O) groups is 1. The fraction of sp³-hybridized carbons (Fsp3) is 0.533. The lowest BCUT2D eigenvalue weighted by molar-refractivity contribution is -0.134. The van der Waals surface area contributed by atoms with Gasteiger partial charge < -0.3 is 4.90 Å². The summed E-state index contributed by atoms with van der Waals surface area (Å²) in [7, 11) is 0. The zero-order valence-electron chi connectivity index (χ0n) is 11.0. The monoisotopic (exact) mass is 309 g/mol. The standard InChI is InChI=1S/C15H20BrNO/c1-11-10-17(9-8-14(11)16)15(18)12(2)13-6-4-3-5-7-13/h3-7,11-12,14H,8-10H2,1-2H3. The first-order chi connectivity index (χ1) is 8.59. The summed E-state index contributed by atoms with van der Waals surface area (Å²) in [5, 5.41) is 0. The fourth-order valence-corrected chi connectivity index (χ4v) is 2.85. The van der Waals surface area contributed by atoms with Crippen molar-refractivity contribution in [1.82, 2.24) is 4.90 Å². The molecule has 0 aromatic heterocycles. The zero-order chi connectivity index (χ0) is 13.1. The minimum Gasteiger partial charge on any atom is -0.342 e. The van der Waals surface area contributed by atoms with E-state index in [-0.39, 0.29) is 11.8 Å². The molecule has 1 aromatic carbocycles. The summed E-state index contributed by atoms with van der Waals surface area (Å²) in [6.45, 7) is 5.94. The lowest BCUT2D eigenvalue weighted by atomic mass is 9.95. The third kappa shape index (κ3) is 2.94. The van der Waals surface area contributed by atoms with Gasteiger partial charge in [-0.05, 0) is 24.8 Å². The summed E-state index contributed by atoms with van der Waals surface area (Å²) in [4.78, 5) is 15.0. The van der Waals surface area contributed by atoms with E-state index in [0.29, 0.717) is 10.7 Å². The molecule has 0 bridgehead atoms. The van der Waals surface area contributed by atoms with Crippen molar-refractivity contribution in [1.29, 1.82) is 0 Å². The molecule has 0 aliphatic carbocycles. The van der Waals surface area contributed by atoms with Crippen molar-refractivity contribution >= 4 is 21.8 Å². The molecule has 3 unspecified atom stereocenters. The molecule has 1 heterocycles. The van der Waals surface area contributed by atoms with Crippen molar-refractivity contribution in [2.45, 2.75) is 31.0 Å². The van der Waals surface area contributed by atoms with E-state index < -0.39 is 0 Å². The fourth-order valence-electron chi connectivity index (χ4n) is 2.48. The third-order valence-corrected chi connectivity index (χ3v) is 5.14. The Morgan fingerprint density at radius 1 is 1.39 bits per heavy atom. The second kappa shape index (κ2) is 5.87. The molecule has 3 heteroatoms. The van der Waals surface area contributed by atoms with Gasteiger partial charge in [0.05, 0.1) is 5.92 Å². The van der Waals surface area contributed by atoms with Gasteiger partial charge in [0.2, 0.25) is 5.91 Å². The Morgan fingerprint density at radius 3 is 2.67 bits per heavy atom. The van der Waals surface area contributed by atoms with Crippen molar-refractivity contribution in [2.75, 3.05) is 13.1 Å². The maximum atomic E-state index is 12.5. The lowest BCUT2D eigenvalue weighted by Gasteiger charge is -2.35. The zero-order valence-corrected chi connectivity index (χ0v) is 12.6. The van der Waals surface area contributed by atoms with Crippen LogP contribution in [-0.4, -0.2) is 28.7 Å². The number of hydrogen-bond acceptors (Lipinski definition) is 1. The number of nitrogens with zero attached hydrogens (tertiary/aromatic N) is 1. The Bertz CT molecular complexity index is 406. The third-order valence-electron chi connectivity index (χ3n) is 3.78. The first kappa shape index (κ1) is 13.6. The molecule has 0 saturated carbocycles. The summed E-state index contributed by atoms with van der Waals surface area (Å²) in [6.07, 6.45) is 1.05. The average molecular weight is 310 g/mol. The van der Waals surface area contributed by atoms with Gasteiger partial charge in [0, 0.05) is 17.9 Å². The molecular formula is C15H20BrNO. The highest BCUT2D eigenvalue weighted by molar-refractivity contribution is 9.09. The Kier molecular flexibility index (Phi) is 4.44. The molecule has 1 saturated heterocycles. The predicted molar refractivity (Wildman–Crippen MR) is 77.9 cm³/mol. The minimum atomic E-state index is -0.0368. The van der Waals surface area contributed by atoms with Gasteiger partial charge in [-0.2, -0.15) is 0 Å². The molecule has 0 spiro atoms. The SMILES string of the molecule is CC(C(=O)N1CCC(Br)C(C)C1)c1ccccc1. The van der Waals surface area contributed by atoms with Crippen LogP contribution in [0.25, 0.3) is 0 Å². The summed E-state index contributed by atoms with van der Waals surface area (Å²) in [5.74, 6) is 0.753. The van der Waals surface area contributed by atoms with E-state index in [0.717, 1.165) is 25.1 Å². The maximum absolute atomic E-state index is 12.5. The lowest BCUT2D eigenvalue weighted by Crippen LogP contribution is -2.44. The van der Waals surface area contributed by atoms with E-state index >= 15 is 0 Å². The molecule has 2 nitrogen and oxygen atoms in total. The smallest absolute Gasteiger partial charge is 0.229 e. The number of rotatable bonds is 2. The number of halogens is 1. The largest absolute Gasteiger partial charge is 0.342 e. The highest BCUT2D eigenvalue weighted by Gasteiger charge is 2.29. The molecule has 2 rings (SSSR count). The summed E-state index contributed by atoms with van der Waals surface area (Å²) < 4.78 is 0. The molecule has 1 aliphatic rings. The van der Waals surface area contributed by atoms with Gasteiger partial charge in [-0.15, -0.1) is 0 Å². The van der Waals surface area contributed by atoms with Crippen molar-refractivity contribution in [2.24, 2.45) is 5.92 Å². The van der Waals surface area contributed by atoms with Crippen LogP contribution in [0.5, 0.6) is 0 Å². The van der Waals surface area contributed by atoms with Crippen LogP contribution in [-0.2, 0) is 4.79 Å². The number of carbonyl (C=O) groups excluding carboxylic acids is 1. The van der Waals surface area contributed by atoms with Gasteiger partial charge in [0.25, 0.3) is 0 Å². The number of hydrogen-bond donors (Lipinski definition) is 0. The van der Waals surface area contributed by atoms with E-state index in [1.165, 1.54) is 0 Å². The van der Waals surface area contributed by atoms with Gasteiger partial charge in [-0.25, -0.2) is 0 Å². The normalized spacial score (nSPS) is 25.8. The summed E-state index contributed by atoms with van der Waals surface area (Å²) in [6, 6.07) is 10.0. The van der Waals surface area contributed by atoms with Gasteiger partial charge >= 0.3 is 0 Å². The molecule has 1 amide bonds. The van der Waals surface area contributed by atoms with Crippen LogP contribution in [0, 0.1) is 5.92 Å². The first-order valence-corrected chi connectivity index (χ1v) is 7.49. The van der Waals surface area contributed by atoms with Gasteiger partial charge in [0.1, 0.15) is 0 Å². The number of piperidine rings is 1. The van der Waals surface area contributed by atoms with Crippen LogP contribution in [0.2, 0.25) is 0 Å². The molecule has 18 heavy (non-hydrogen) atoms. The van der Waals surface area contributed by atoms with E-state index in [1.807, 2.05) is 42.2 Å². The van der Waals surface area contributed by atoms with Gasteiger partial charge in [0.15, 0.2) is 0 Å². The number of likely N-dealkylation sites (tertiary alicyclic amines) is 1. The molecule has 1 fully saturated rings. The van der Waals surface area contributed by atoms with Crippen molar-refractivity contribution in [3.8, 4) is 0 Å². The van der Waals surface area contributed by atoms with E-state index in [1.54, 1.807) is 0 Å². The molecule has 98 valence electrons. The van der Waals surface area contributed by atoms with Crippen molar-refractivity contribution in [3.05, 3.63) is 35.9 Å². The molecule has 1 aromatic rings. The second-order valence-electron chi connectivity index (χ2n) is 5.20. The van der Waals surface area contributed by atoms with Crippen LogP contribution in [0.1, 0.15) is 31.7 Å². The molecule has 0 radical (unpaired) electrons. The predicted octanol–water partition coefficient (Wildman–Crippen LogP) is 3.42. The molecule has 0 N–H and O–H groups in total. The Balaban J connectivity index is 2.03. The number of benzene rings is 1. The molecule has 1 aliphatic heterocycles. The van der Waals surface area contributed by atoms with E-state index in [2.05, 4.69) is 22.9 Å². The van der Waals surface area contributed by atoms with Crippen LogP contribution in [0.3, 0.4) is 0 Å². The van der Waals surface area contributed by atoms with Crippen molar-refractivity contribution < 1.29 is 4.79 Å². The summed E-state index contributed by atoms with van der Waals surface area (Å²) in [5.41, 5.74) is 1.11.